The fourth-order valence-corrected chi connectivity index (χ4v) is 3.80. The molecule has 0 spiro atoms. The van der Waals surface area contributed by atoms with E-state index in [1.807, 2.05) is 45.5 Å². The van der Waals surface area contributed by atoms with Crippen LogP contribution in [-0.2, 0) is 26.9 Å². The first-order valence-electron chi connectivity index (χ1n) is 9.16. The van der Waals surface area contributed by atoms with Crippen LogP contribution < -0.4 is 9.61 Å². The van der Waals surface area contributed by atoms with E-state index in [2.05, 4.69) is 5.10 Å². The van der Waals surface area contributed by atoms with Gasteiger partial charge in [-0.2, -0.15) is 13.5 Å². The highest BCUT2D eigenvalue weighted by Crippen LogP contribution is 2.27. The molecule has 9 nitrogen and oxygen atoms in total. The Morgan fingerprint density at radius 1 is 1.33 bits per heavy atom. The molecule has 2 N–H and O–H groups in total. The first-order valence-corrected chi connectivity index (χ1v) is 11.0. The third-order valence-electron chi connectivity index (χ3n) is 4.23. The van der Waals surface area contributed by atoms with Crippen LogP contribution in [-0.4, -0.2) is 35.3 Å². The maximum absolute atomic E-state index is 12.1. The monoisotopic (exact) mass is 451 g/mol. The second kappa shape index (κ2) is 9.00. The average Bonchev–Trinajstić information content (AvgIpc) is 3.18. The molecule has 0 bridgehead atoms. The highest BCUT2D eigenvalue weighted by Gasteiger charge is 2.16. The molecule has 30 heavy (non-hydrogen) atoms. The van der Waals surface area contributed by atoms with E-state index in [0.29, 0.717) is 22.7 Å². The van der Waals surface area contributed by atoms with E-state index in [9.17, 15) is 13.2 Å². The number of rotatable bonds is 8. The third kappa shape index (κ3) is 4.90. The molecule has 11 heteroatoms. The van der Waals surface area contributed by atoms with E-state index in [-0.39, 0.29) is 6.61 Å². The minimum Gasteiger partial charge on any atom is -0.301 e. The number of carbonyl (C=O) groups excluding carboxylic acids is 1. The summed E-state index contributed by atoms with van der Waals surface area (Å²) in [4.78, 5) is 18.7. The molecule has 0 fully saturated rings. The number of hydrogen-bond acceptors (Lipinski definition) is 5. The van der Waals surface area contributed by atoms with Crippen LogP contribution in [0.4, 0.5) is 0 Å². The van der Waals surface area contributed by atoms with Gasteiger partial charge in [0.1, 0.15) is 5.82 Å². The van der Waals surface area contributed by atoms with E-state index in [1.165, 1.54) is 6.08 Å². The predicted molar refractivity (Wildman–Crippen MR) is 115 cm³/mol. The number of amides is 1. The second-order valence-corrected chi connectivity index (χ2v) is 8.38. The van der Waals surface area contributed by atoms with E-state index in [1.54, 1.807) is 24.7 Å². The SMILES string of the molecule is CCCONS(=O)(=O)NC(=O)/C=C/c1c(C)nn(C)c1-n1ccc2cc(Cl)ccc21. The van der Waals surface area contributed by atoms with E-state index in [0.717, 1.165) is 22.8 Å². The zero-order valence-electron chi connectivity index (χ0n) is 16.7. The summed E-state index contributed by atoms with van der Waals surface area (Å²) in [6.45, 7) is 3.83. The Morgan fingerprint density at radius 2 is 2.10 bits per heavy atom. The first-order chi connectivity index (χ1) is 14.2. The molecule has 160 valence electrons. The van der Waals surface area contributed by atoms with Crippen molar-refractivity contribution in [3.8, 4) is 5.82 Å². The fourth-order valence-electron chi connectivity index (χ4n) is 3.01. The van der Waals surface area contributed by atoms with E-state index < -0.39 is 16.1 Å². The second-order valence-electron chi connectivity index (χ2n) is 6.57. The van der Waals surface area contributed by atoms with Gasteiger partial charge in [-0.15, -0.1) is 0 Å². The Balaban J connectivity index is 1.88. The van der Waals surface area contributed by atoms with E-state index >= 15 is 0 Å². The minimum atomic E-state index is -4.11. The number of carbonyl (C=O) groups is 1. The lowest BCUT2D eigenvalue weighted by Gasteiger charge is -2.08. The van der Waals surface area contributed by atoms with Gasteiger partial charge in [0, 0.05) is 35.3 Å². The lowest BCUT2D eigenvalue weighted by molar-refractivity contribution is -0.114. The molecular formula is C19H22ClN5O4S. The van der Waals surface area contributed by atoms with Crippen LogP contribution in [0.2, 0.25) is 5.02 Å². The summed E-state index contributed by atoms with van der Waals surface area (Å²) in [6.07, 6.45) is 5.17. The van der Waals surface area contributed by atoms with Crippen LogP contribution in [0.3, 0.4) is 0 Å². The highest BCUT2D eigenvalue weighted by atomic mass is 35.5. The lowest BCUT2D eigenvalue weighted by Crippen LogP contribution is -2.39. The normalized spacial score (nSPS) is 12.1. The van der Waals surface area contributed by atoms with Crippen molar-refractivity contribution in [1.82, 2.24) is 24.0 Å². The van der Waals surface area contributed by atoms with Crippen molar-refractivity contribution in [3.05, 3.63) is 52.8 Å². The van der Waals surface area contributed by atoms with Crippen LogP contribution in [0.1, 0.15) is 24.6 Å². The molecule has 0 radical (unpaired) electrons. The van der Waals surface area contributed by atoms with Gasteiger partial charge in [0.15, 0.2) is 0 Å². The number of hydrogen-bond donors (Lipinski definition) is 2. The van der Waals surface area contributed by atoms with Gasteiger partial charge in [0.25, 0.3) is 5.91 Å². The fraction of sp³-hybridized carbons (Fsp3) is 0.263. The van der Waals surface area contributed by atoms with Crippen molar-refractivity contribution in [1.29, 1.82) is 0 Å². The summed E-state index contributed by atoms with van der Waals surface area (Å²) in [6, 6.07) is 7.48. The Hall–Kier alpha value is -2.66. The van der Waals surface area contributed by atoms with Gasteiger partial charge in [0.05, 0.1) is 17.8 Å². The summed E-state index contributed by atoms with van der Waals surface area (Å²) in [5.41, 5.74) is 2.27. The number of fused-ring (bicyclic) bond motifs is 1. The molecule has 0 saturated heterocycles. The van der Waals surface area contributed by atoms with Crippen molar-refractivity contribution >= 4 is 44.7 Å². The molecule has 1 aromatic carbocycles. The Bertz CT molecular complexity index is 1210. The molecular weight excluding hydrogens is 430 g/mol. The minimum absolute atomic E-state index is 0.194. The number of nitrogens with zero attached hydrogens (tertiary/aromatic N) is 3. The van der Waals surface area contributed by atoms with Crippen LogP contribution in [0, 0.1) is 6.92 Å². The number of aromatic nitrogens is 3. The average molecular weight is 452 g/mol. The Kier molecular flexibility index (Phi) is 6.61. The van der Waals surface area contributed by atoms with Crippen LogP contribution in [0.15, 0.2) is 36.5 Å². The zero-order valence-corrected chi connectivity index (χ0v) is 18.3. The number of aryl methyl sites for hydroxylation is 2. The summed E-state index contributed by atoms with van der Waals surface area (Å²) in [5.74, 6) is -0.0953. The van der Waals surface area contributed by atoms with Crippen molar-refractivity contribution in [2.24, 2.45) is 7.05 Å². The molecule has 0 aliphatic carbocycles. The van der Waals surface area contributed by atoms with Gasteiger partial charge < -0.3 is 4.57 Å². The van der Waals surface area contributed by atoms with Crippen molar-refractivity contribution in [2.45, 2.75) is 20.3 Å². The van der Waals surface area contributed by atoms with Gasteiger partial charge in [-0.25, -0.2) is 4.72 Å². The molecule has 0 aliphatic heterocycles. The smallest absolute Gasteiger partial charge is 0.301 e. The third-order valence-corrected chi connectivity index (χ3v) is 5.27. The van der Waals surface area contributed by atoms with Gasteiger partial charge in [-0.1, -0.05) is 23.4 Å². The maximum atomic E-state index is 12.1. The lowest BCUT2D eigenvalue weighted by atomic mass is 10.2. The van der Waals surface area contributed by atoms with Gasteiger partial charge in [0.2, 0.25) is 0 Å². The van der Waals surface area contributed by atoms with Gasteiger partial charge in [-0.05, 0) is 43.7 Å². The molecule has 0 saturated carbocycles. The standard InChI is InChI=1S/C19H22ClN5O4S/c1-4-11-29-23-30(27,28)22-18(26)8-6-16-13(2)21-24(3)19(16)25-10-9-14-12-15(20)5-7-17(14)25/h5-10,12,23H,4,11H2,1-3H3,(H,22,26)/b8-6+. The number of benzene rings is 1. The summed E-state index contributed by atoms with van der Waals surface area (Å²) >= 11 is 6.07. The van der Waals surface area contributed by atoms with Crippen LogP contribution in [0.25, 0.3) is 22.8 Å². The highest BCUT2D eigenvalue weighted by molar-refractivity contribution is 7.87. The Labute approximate surface area is 179 Å². The summed E-state index contributed by atoms with van der Waals surface area (Å²) < 4.78 is 29.1. The van der Waals surface area contributed by atoms with Crippen molar-refractivity contribution in [2.75, 3.05) is 6.61 Å². The molecule has 2 heterocycles. The number of halogens is 1. The topological polar surface area (TPSA) is 107 Å². The van der Waals surface area contributed by atoms with Gasteiger partial charge in [-0.3, -0.25) is 14.3 Å². The van der Waals surface area contributed by atoms with Crippen molar-refractivity contribution in [3.63, 3.8) is 0 Å². The molecule has 1 amide bonds. The Morgan fingerprint density at radius 3 is 2.83 bits per heavy atom. The first kappa shape index (κ1) is 22.0. The molecule has 0 atom stereocenters. The molecule has 0 unspecified atom stereocenters. The largest absolute Gasteiger partial charge is 0.323 e. The zero-order chi connectivity index (χ0) is 21.9. The van der Waals surface area contributed by atoms with Crippen molar-refractivity contribution < 1.29 is 18.0 Å². The number of nitrogens with one attached hydrogen (secondary N) is 2. The molecule has 3 aromatic rings. The molecule has 2 aromatic heterocycles. The summed E-state index contributed by atoms with van der Waals surface area (Å²) in [7, 11) is -2.32. The van der Waals surface area contributed by atoms with Gasteiger partial charge >= 0.3 is 10.2 Å². The molecule has 3 rings (SSSR count). The maximum Gasteiger partial charge on any atom is 0.323 e. The van der Waals surface area contributed by atoms with Crippen LogP contribution in [0.5, 0.6) is 0 Å². The summed E-state index contributed by atoms with van der Waals surface area (Å²) in [5, 5.41) is 6.02. The quantitative estimate of drug-likeness (QED) is 0.311. The van der Waals surface area contributed by atoms with E-state index in [4.69, 9.17) is 16.4 Å². The van der Waals surface area contributed by atoms with Crippen LogP contribution >= 0.6 is 11.6 Å². The predicted octanol–water partition coefficient (Wildman–Crippen LogP) is 2.63. The molecule has 0 aliphatic rings.